The predicted molar refractivity (Wildman–Crippen MR) is 117 cm³/mol. The topological polar surface area (TPSA) is 94.7 Å². The molecule has 0 atom stereocenters. The number of ether oxygens (including phenoxy) is 2. The number of hydrogen-bond acceptors (Lipinski definition) is 8. The quantitative estimate of drug-likeness (QED) is 0.351. The van der Waals surface area contributed by atoms with Crippen molar-refractivity contribution in [3.8, 4) is 11.5 Å². The van der Waals surface area contributed by atoms with Crippen LogP contribution in [0.15, 0.2) is 65.2 Å². The fourth-order valence-corrected chi connectivity index (χ4v) is 3.34. The van der Waals surface area contributed by atoms with Crippen LogP contribution in [0.3, 0.4) is 0 Å². The molecule has 29 heavy (non-hydrogen) atoms. The third-order valence-electron chi connectivity index (χ3n) is 4.17. The normalized spacial score (nSPS) is 11.1. The van der Waals surface area contributed by atoms with Crippen LogP contribution < -0.4 is 20.6 Å². The number of nitrogen functional groups attached to an aromatic ring is 1. The first-order chi connectivity index (χ1) is 14.2. The molecule has 2 heterocycles. The number of hydrogen-bond donors (Lipinski definition) is 2. The molecule has 0 fully saturated rings. The Kier molecular flexibility index (Phi) is 5.53. The van der Waals surface area contributed by atoms with Crippen molar-refractivity contribution in [2.24, 2.45) is 5.10 Å². The Hall–Kier alpha value is -3.65. The van der Waals surface area contributed by atoms with Crippen molar-refractivity contribution < 1.29 is 9.47 Å². The SMILES string of the molecule is COc1ccc(C=NNc2nc(N)cs2)cc1COc1ccc2cccnc2c1. The Morgan fingerprint density at radius 2 is 2.14 bits per heavy atom. The number of aromatic nitrogens is 2. The minimum atomic E-state index is 0.361. The van der Waals surface area contributed by atoms with Gasteiger partial charge in [0.2, 0.25) is 5.13 Å². The number of methoxy groups -OCH3 is 1. The van der Waals surface area contributed by atoms with Crippen LogP contribution in [0.2, 0.25) is 0 Å². The molecule has 0 spiro atoms. The summed E-state index contributed by atoms with van der Waals surface area (Å²) in [5, 5.41) is 7.67. The predicted octanol–water partition coefficient (Wildman–Crippen LogP) is 4.31. The van der Waals surface area contributed by atoms with Gasteiger partial charge in [0.05, 0.1) is 18.8 Å². The first-order valence-electron chi connectivity index (χ1n) is 8.86. The van der Waals surface area contributed by atoms with E-state index in [1.54, 1.807) is 24.9 Å². The number of hydrazone groups is 1. The highest BCUT2D eigenvalue weighted by atomic mass is 32.1. The minimum absolute atomic E-state index is 0.361. The lowest BCUT2D eigenvalue weighted by Crippen LogP contribution is -2.00. The van der Waals surface area contributed by atoms with Crippen LogP contribution in [-0.4, -0.2) is 23.3 Å². The zero-order valence-electron chi connectivity index (χ0n) is 15.7. The maximum absolute atomic E-state index is 5.97. The molecule has 8 heteroatoms. The number of fused-ring (bicyclic) bond motifs is 1. The second-order valence-corrected chi connectivity index (χ2v) is 7.02. The molecule has 0 saturated carbocycles. The van der Waals surface area contributed by atoms with Crippen molar-refractivity contribution in [1.82, 2.24) is 9.97 Å². The van der Waals surface area contributed by atoms with Crippen molar-refractivity contribution >= 4 is 39.4 Å². The number of anilines is 2. The summed E-state index contributed by atoms with van der Waals surface area (Å²) in [4.78, 5) is 8.46. The smallest absolute Gasteiger partial charge is 0.205 e. The van der Waals surface area contributed by atoms with E-state index in [9.17, 15) is 0 Å². The molecule has 0 unspecified atom stereocenters. The van der Waals surface area contributed by atoms with Gasteiger partial charge in [-0.25, -0.2) is 4.98 Å². The molecule has 0 bridgehead atoms. The van der Waals surface area contributed by atoms with Gasteiger partial charge in [0, 0.05) is 28.6 Å². The summed E-state index contributed by atoms with van der Waals surface area (Å²) < 4.78 is 11.4. The fraction of sp³-hybridized carbons (Fsp3) is 0.0952. The molecule has 0 aliphatic carbocycles. The molecular formula is C21H19N5O2S. The van der Waals surface area contributed by atoms with Crippen LogP contribution in [0.1, 0.15) is 11.1 Å². The summed E-state index contributed by atoms with van der Waals surface area (Å²) in [5.41, 5.74) is 11.2. The second-order valence-electron chi connectivity index (χ2n) is 6.17. The van der Waals surface area contributed by atoms with Crippen molar-refractivity contribution in [2.75, 3.05) is 18.3 Å². The molecule has 2 aromatic heterocycles. The number of nitrogens with one attached hydrogen (secondary N) is 1. The van der Waals surface area contributed by atoms with Crippen LogP contribution in [0.5, 0.6) is 11.5 Å². The maximum atomic E-state index is 5.97. The number of thiazole rings is 1. The lowest BCUT2D eigenvalue weighted by atomic mass is 10.1. The minimum Gasteiger partial charge on any atom is -0.496 e. The van der Waals surface area contributed by atoms with Crippen molar-refractivity contribution in [1.29, 1.82) is 0 Å². The lowest BCUT2D eigenvalue weighted by Gasteiger charge is -2.11. The Labute approximate surface area is 171 Å². The average Bonchev–Trinajstić information content (AvgIpc) is 3.17. The third-order valence-corrected chi connectivity index (χ3v) is 4.94. The Morgan fingerprint density at radius 1 is 1.21 bits per heavy atom. The molecule has 0 saturated heterocycles. The molecule has 3 N–H and O–H groups in total. The van der Waals surface area contributed by atoms with E-state index in [4.69, 9.17) is 15.2 Å². The zero-order chi connectivity index (χ0) is 20.1. The second kappa shape index (κ2) is 8.57. The first kappa shape index (κ1) is 18.7. The van der Waals surface area contributed by atoms with Crippen LogP contribution in [0.25, 0.3) is 10.9 Å². The maximum Gasteiger partial charge on any atom is 0.205 e. The van der Waals surface area contributed by atoms with E-state index in [0.29, 0.717) is 17.6 Å². The highest BCUT2D eigenvalue weighted by Gasteiger charge is 2.06. The molecule has 0 radical (unpaired) electrons. The summed E-state index contributed by atoms with van der Waals surface area (Å²) in [6.07, 6.45) is 3.48. The summed E-state index contributed by atoms with van der Waals surface area (Å²) in [6, 6.07) is 15.6. The van der Waals surface area contributed by atoms with Crippen LogP contribution >= 0.6 is 11.3 Å². The lowest BCUT2D eigenvalue weighted by molar-refractivity contribution is 0.297. The summed E-state index contributed by atoms with van der Waals surface area (Å²) >= 11 is 1.39. The number of pyridine rings is 1. The highest BCUT2D eigenvalue weighted by molar-refractivity contribution is 7.14. The van der Waals surface area contributed by atoms with Gasteiger partial charge in [-0.2, -0.15) is 5.10 Å². The Bertz CT molecular complexity index is 1160. The van der Waals surface area contributed by atoms with E-state index in [0.717, 1.165) is 33.5 Å². The van der Waals surface area contributed by atoms with Gasteiger partial charge < -0.3 is 15.2 Å². The molecule has 0 aliphatic rings. The van der Waals surface area contributed by atoms with E-state index >= 15 is 0 Å². The summed E-state index contributed by atoms with van der Waals surface area (Å²) in [7, 11) is 1.64. The van der Waals surface area contributed by atoms with Gasteiger partial charge in [-0.05, 0) is 42.0 Å². The zero-order valence-corrected chi connectivity index (χ0v) is 16.5. The fourth-order valence-electron chi connectivity index (χ4n) is 2.79. The average molecular weight is 405 g/mol. The van der Waals surface area contributed by atoms with E-state index in [-0.39, 0.29) is 0 Å². The van der Waals surface area contributed by atoms with E-state index in [1.165, 1.54) is 11.3 Å². The largest absolute Gasteiger partial charge is 0.496 e. The molecule has 2 aromatic carbocycles. The molecular weight excluding hydrogens is 386 g/mol. The van der Waals surface area contributed by atoms with Gasteiger partial charge in [-0.15, -0.1) is 11.3 Å². The molecule has 146 valence electrons. The van der Waals surface area contributed by atoms with E-state index < -0.39 is 0 Å². The van der Waals surface area contributed by atoms with Gasteiger partial charge in [0.25, 0.3) is 0 Å². The van der Waals surface area contributed by atoms with Gasteiger partial charge in [0.1, 0.15) is 23.9 Å². The molecule has 0 aliphatic heterocycles. The number of rotatable bonds is 7. The molecule has 0 amide bonds. The monoisotopic (exact) mass is 405 g/mol. The number of nitrogens with zero attached hydrogens (tertiary/aromatic N) is 3. The number of benzene rings is 2. The molecule has 4 rings (SSSR count). The number of nitrogens with two attached hydrogens (primary N) is 1. The summed E-state index contributed by atoms with van der Waals surface area (Å²) in [5.74, 6) is 1.97. The van der Waals surface area contributed by atoms with Crippen LogP contribution in [-0.2, 0) is 6.61 Å². The Balaban J connectivity index is 1.47. The van der Waals surface area contributed by atoms with Crippen LogP contribution in [0.4, 0.5) is 10.9 Å². The Morgan fingerprint density at radius 3 is 2.97 bits per heavy atom. The van der Waals surface area contributed by atoms with Gasteiger partial charge in [-0.1, -0.05) is 6.07 Å². The van der Waals surface area contributed by atoms with Crippen molar-refractivity contribution in [3.05, 3.63) is 71.2 Å². The summed E-state index contributed by atoms with van der Waals surface area (Å²) in [6.45, 7) is 0.361. The van der Waals surface area contributed by atoms with Crippen molar-refractivity contribution in [2.45, 2.75) is 6.61 Å². The third kappa shape index (κ3) is 4.61. The molecule has 7 nitrogen and oxygen atoms in total. The van der Waals surface area contributed by atoms with Gasteiger partial charge >= 0.3 is 0 Å². The van der Waals surface area contributed by atoms with Gasteiger partial charge in [-0.3, -0.25) is 10.4 Å². The van der Waals surface area contributed by atoms with Crippen LogP contribution in [0, 0.1) is 0 Å². The van der Waals surface area contributed by atoms with Gasteiger partial charge in [0.15, 0.2) is 0 Å². The first-order valence-corrected chi connectivity index (χ1v) is 9.74. The van der Waals surface area contributed by atoms with Crippen molar-refractivity contribution in [3.63, 3.8) is 0 Å². The standard InChI is InChI=1S/C21H19N5O2S/c1-27-19-7-4-14(11-24-26-21-25-20(22)13-29-21)9-16(19)12-28-17-6-5-15-3-2-8-23-18(15)10-17/h2-11,13H,12,22H2,1H3,(H,25,26). The molecule has 4 aromatic rings. The van der Waals surface area contributed by atoms with E-state index in [1.807, 2.05) is 48.5 Å². The highest BCUT2D eigenvalue weighted by Crippen LogP contribution is 2.24. The van der Waals surface area contributed by atoms with E-state index in [2.05, 4.69) is 20.5 Å².